The van der Waals surface area contributed by atoms with Gasteiger partial charge in [-0.3, -0.25) is 4.79 Å². The molecule has 0 bridgehead atoms. The van der Waals surface area contributed by atoms with Gasteiger partial charge in [0.2, 0.25) is 5.91 Å². The number of carbonyl (C=O) groups is 1. The van der Waals surface area contributed by atoms with Crippen molar-refractivity contribution in [3.05, 3.63) is 35.9 Å². The van der Waals surface area contributed by atoms with Gasteiger partial charge in [0, 0.05) is 19.0 Å². The van der Waals surface area contributed by atoms with Crippen molar-refractivity contribution >= 4 is 17.7 Å². The van der Waals surface area contributed by atoms with Gasteiger partial charge in [0.25, 0.3) is 0 Å². The Hall–Kier alpha value is -1.00. The zero-order valence-electron chi connectivity index (χ0n) is 11.9. The average molecular weight is 292 g/mol. The average Bonchev–Trinajstić information content (AvgIpc) is 2.52. The van der Waals surface area contributed by atoms with Gasteiger partial charge in [-0.15, -0.1) is 0 Å². The zero-order valence-corrected chi connectivity index (χ0v) is 12.7. The maximum atomic E-state index is 11.8. The third kappa shape index (κ3) is 5.17. The van der Waals surface area contributed by atoms with Gasteiger partial charge in [-0.2, -0.15) is 11.8 Å². The van der Waals surface area contributed by atoms with E-state index in [1.807, 2.05) is 42.1 Å². The summed E-state index contributed by atoms with van der Waals surface area (Å²) in [6, 6.07) is 9.93. The lowest BCUT2D eigenvalue weighted by molar-refractivity contribution is -0.121. The van der Waals surface area contributed by atoms with Crippen molar-refractivity contribution in [3.63, 3.8) is 0 Å². The molecule has 0 radical (unpaired) electrons. The molecule has 1 amide bonds. The van der Waals surface area contributed by atoms with Gasteiger partial charge in [0.05, 0.1) is 0 Å². The Morgan fingerprint density at radius 2 is 2.00 bits per heavy atom. The number of benzene rings is 1. The van der Waals surface area contributed by atoms with E-state index in [0.29, 0.717) is 18.8 Å². The summed E-state index contributed by atoms with van der Waals surface area (Å²) in [4.78, 5) is 11.8. The van der Waals surface area contributed by atoms with Gasteiger partial charge in [-0.1, -0.05) is 30.3 Å². The van der Waals surface area contributed by atoms with E-state index >= 15 is 0 Å². The van der Waals surface area contributed by atoms with Crippen LogP contribution >= 0.6 is 11.8 Å². The molecule has 1 aliphatic rings. The molecular formula is C16H24N2OS. The summed E-state index contributed by atoms with van der Waals surface area (Å²) in [6.45, 7) is 0.833. The van der Waals surface area contributed by atoms with Crippen molar-refractivity contribution in [1.29, 1.82) is 0 Å². The van der Waals surface area contributed by atoms with Crippen molar-refractivity contribution in [3.8, 4) is 0 Å². The molecule has 0 saturated carbocycles. The summed E-state index contributed by atoms with van der Waals surface area (Å²) in [5.41, 5.74) is 7.20. The van der Waals surface area contributed by atoms with Crippen LogP contribution in [0.25, 0.3) is 0 Å². The van der Waals surface area contributed by atoms with Crippen molar-refractivity contribution in [2.45, 2.75) is 31.7 Å². The first-order valence-electron chi connectivity index (χ1n) is 7.40. The molecule has 2 rings (SSSR count). The van der Waals surface area contributed by atoms with Gasteiger partial charge < -0.3 is 11.1 Å². The van der Waals surface area contributed by atoms with Gasteiger partial charge in [0.1, 0.15) is 0 Å². The van der Waals surface area contributed by atoms with Crippen LogP contribution in [0.2, 0.25) is 0 Å². The molecule has 1 unspecified atom stereocenters. The van der Waals surface area contributed by atoms with E-state index in [0.717, 1.165) is 12.1 Å². The third-order valence-electron chi connectivity index (χ3n) is 3.84. The zero-order chi connectivity index (χ0) is 14.2. The third-order valence-corrected chi connectivity index (χ3v) is 4.89. The fourth-order valence-corrected chi connectivity index (χ4v) is 3.65. The summed E-state index contributed by atoms with van der Waals surface area (Å²) in [7, 11) is 0. The number of amides is 1. The molecule has 1 aliphatic heterocycles. The molecule has 3 nitrogen and oxygen atoms in total. The minimum absolute atomic E-state index is 0.0481. The summed E-state index contributed by atoms with van der Waals surface area (Å²) in [5.74, 6) is 3.27. The Morgan fingerprint density at radius 3 is 2.70 bits per heavy atom. The molecule has 1 saturated heterocycles. The van der Waals surface area contributed by atoms with Gasteiger partial charge >= 0.3 is 0 Å². The topological polar surface area (TPSA) is 55.1 Å². The second kappa shape index (κ2) is 8.32. The minimum atomic E-state index is -0.0481. The van der Waals surface area contributed by atoms with E-state index in [1.54, 1.807) is 0 Å². The first kappa shape index (κ1) is 15.4. The van der Waals surface area contributed by atoms with E-state index in [2.05, 4.69) is 5.32 Å². The van der Waals surface area contributed by atoms with Crippen LogP contribution in [0, 0.1) is 5.92 Å². The van der Waals surface area contributed by atoms with Crippen LogP contribution in [0.5, 0.6) is 0 Å². The largest absolute Gasteiger partial charge is 0.356 e. The maximum absolute atomic E-state index is 11.8. The second-order valence-electron chi connectivity index (χ2n) is 5.42. The number of nitrogens with two attached hydrogens (primary N) is 1. The number of hydrogen-bond acceptors (Lipinski definition) is 3. The van der Waals surface area contributed by atoms with Crippen LogP contribution in [0.1, 0.15) is 37.3 Å². The maximum Gasteiger partial charge on any atom is 0.220 e. The first-order valence-corrected chi connectivity index (χ1v) is 8.56. The smallest absolute Gasteiger partial charge is 0.220 e. The molecule has 1 fully saturated rings. The quantitative estimate of drug-likeness (QED) is 0.847. The molecular weight excluding hydrogens is 268 g/mol. The highest BCUT2D eigenvalue weighted by Crippen LogP contribution is 2.22. The van der Waals surface area contributed by atoms with Crippen molar-refractivity contribution in [1.82, 2.24) is 5.32 Å². The van der Waals surface area contributed by atoms with E-state index in [-0.39, 0.29) is 11.9 Å². The molecule has 1 heterocycles. The molecule has 1 aromatic carbocycles. The van der Waals surface area contributed by atoms with Crippen LogP contribution in [-0.4, -0.2) is 24.0 Å². The summed E-state index contributed by atoms with van der Waals surface area (Å²) >= 11 is 2.02. The monoisotopic (exact) mass is 292 g/mol. The van der Waals surface area contributed by atoms with Crippen LogP contribution < -0.4 is 11.1 Å². The molecule has 0 spiro atoms. The summed E-state index contributed by atoms with van der Waals surface area (Å²) in [6.07, 6.45) is 3.68. The van der Waals surface area contributed by atoms with E-state index in [9.17, 15) is 4.79 Å². The SMILES string of the molecule is NC(CCC(=O)NCC1CCSCC1)c1ccccc1. The Bertz CT molecular complexity index is 404. The lowest BCUT2D eigenvalue weighted by Gasteiger charge is -2.21. The standard InChI is InChI=1S/C16H24N2OS/c17-15(14-4-2-1-3-5-14)6-7-16(19)18-12-13-8-10-20-11-9-13/h1-5,13,15H,6-12,17H2,(H,18,19). The molecule has 4 heteroatoms. The van der Waals surface area contributed by atoms with Gasteiger partial charge in [0.15, 0.2) is 0 Å². The molecule has 0 aromatic heterocycles. The Balaban J connectivity index is 1.64. The van der Waals surface area contributed by atoms with E-state index in [1.165, 1.54) is 24.3 Å². The highest BCUT2D eigenvalue weighted by Gasteiger charge is 2.15. The predicted octanol–water partition coefficient (Wildman–Crippen LogP) is 2.73. The highest BCUT2D eigenvalue weighted by atomic mass is 32.2. The minimum Gasteiger partial charge on any atom is -0.356 e. The van der Waals surface area contributed by atoms with Crippen molar-refractivity contribution < 1.29 is 4.79 Å². The molecule has 1 aromatic rings. The Kier molecular flexibility index (Phi) is 6.40. The lowest BCUT2D eigenvalue weighted by Crippen LogP contribution is -2.31. The number of carbonyl (C=O) groups excluding carboxylic acids is 1. The van der Waals surface area contributed by atoms with Gasteiger partial charge in [-0.05, 0) is 42.2 Å². The summed E-state index contributed by atoms with van der Waals surface area (Å²) in [5, 5.41) is 3.06. The number of rotatable bonds is 6. The molecule has 110 valence electrons. The number of thioether (sulfide) groups is 1. The van der Waals surface area contributed by atoms with Crippen LogP contribution in [0.15, 0.2) is 30.3 Å². The molecule has 3 N–H and O–H groups in total. The second-order valence-corrected chi connectivity index (χ2v) is 6.64. The van der Waals surface area contributed by atoms with E-state index in [4.69, 9.17) is 5.73 Å². The Labute approximate surface area is 125 Å². The van der Waals surface area contributed by atoms with Gasteiger partial charge in [-0.25, -0.2) is 0 Å². The fraction of sp³-hybridized carbons (Fsp3) is 0.562. The molecule has 1 atom stereocenters. The summed E-state index contributed by atoms with van der Waals surface area (Å²) < 4.78 is 0. The van der Waals surface area contributed by atoms with Crippen molar-refractivity contribution in [2.75, 3.05) is 18.1 Å². The number of hydrogen-bond donors (Lipinski definition) is 2. The lowest BCUT2D eigenvalue weighted by atomic mass is 10.0. The normalized spacial score (nSPS) is 17.6. The highest BCUT2D eigenvalue weighted by molar-refractivity contribution is 7.99. The number of nitrogens with one attached hydrogen (secondary N) is 1. The predicted molar refractivity (Wildman–Crippen MR) is 85.7 cm³/mol. The van der Waals surface area contributed by atoms with Crippen LogP contribution in [0.4, 0.5) is 0 Å². The Morgan fingerprint density at radius 1 is 1.30 bits per heavy atom. The van der Waals surface area contributed by atoms with E-state index < -0.39 is 0 Å². The van der Waals surface area contributed by atoms with Crippen molar-refractivity contribution in [2.24, 2.45) is 11.7 Å². The fourth-order valence-electron chi connectivity index (χ4n) is 2.45. The van der Waals surface area contributed by atoms with Crippen LogP contribution in [-0.2, 0) is 4.79 Å². The molecule has 0 aliphatic carbocycles. The van der Waals surface area contributed by atoms with Crippen LogP contribution in [0.3, 0.4) is 0 Å². The first-order chi connectivity index (χ1) is 9.75. The molecule has 20 heavy (non-hydrogen) atoms.